The zero-order valence-corrected chi connectivity index (χ0v) is 16.9. The van der Waals surface area contributed by atoms with Gasteiger partial charge in [-0.05, 0) is 43.2 Å². The summed E-state index contributed by atoms with van der Waals surface area (Å²) in [6, 6.07) is 8.80. The fourth-order valence-electron chi connectivity index (χ4n) is 4.32. The quantitative estimate of drug-likeness (QED) is 0.637. The largest absolute Gasteiger partial charge is 0.324 e. The zero-order valence-electron chi connectivity index (χ0n) is 16.1. The molecule has 0 saturated heterocycles. The Hall–Kier alpha value is -2.78. The molecule has 1 fully saturated rings. The molecule has 2 aliphatic rings. The normalized spacial score (nSPS) is 18.8. The van der Waals surface area contributed by atoms with E-state index in [0.717, 1.165) is 35.4 Å². The Kier molecular flexibility index (Phi) is 4.36. The average Bonchev–Trinajstić information content (AvgIpc) is 3.13. The van der Waals surface area contributed by atoms with Gasteiger partial charge in [0.15, 0.2) is 11.1 Å². The molecule has 5 rings (SSSR count). The number of aromatic nitrogens is 3. The molecular weight excluding hydrogens is 388 g/mol. The molecule has 2 N–H and O–H groups in total. The maximum Gasteiger partial charge on any atom is 0.229 e. The van der Waals surface area contributed by atoms with Crippen LogP contribution >= 0.6 is 0 Å². The first-order chi connectivity index (χ1) is 14.1. The van der Waals surface area contributed by atoms with Crippen LogP contribution in [0.4, 0.5) is 17.5 Å². The Balaban J connectivity index is 1.55. The van der Waals surface area contributed by atoms with Crippen LogP contribution in [0.1, 0.15) is 32.1 Å². The van der Waals surface area contributed by atoms with Gasteiger partial charge in [-0.25, -0.2) is 9.19 Å². The van der Waals surface area contributed by atoms with Crippen LogP contribution in [-0.4, -0.2) is 36.6 Å². The molecule has 1 aliphatic heterocycles. The number of hydrazone groups is 1. The summed E-state index contributed by atoms with van der Waals surface area (Å²) in [6.07, 6.45) is 9.67. The summed E-state index contributed by atoms with van der Waals surface area (Å²) >= 11 is -1.99. The number of benzene rings is 1. The second-order valence-corrected chi connectivity index (χ2v) is 8.61. The molecule has 1 saturated carbocycles. The molecule has 150 valence electrons. The molecule has 0 bridgehead atoms. The van der Waals surface area contributed by atoms with Crippen molar-refractivity contribution in [2.45, 2.75) is 42.5 Å². The highest BCUT2D eigenvalue weighted by atomic mass is 32.2. The fraction of sp³-hybridized carbons (Fsp3) is 0.350. The summed E-state index contributed by atoms with van der Waals surface area (Å²) in [7, 11) is 1.95. The van der Waals surface area contributed by atoms with Gasteiger partial charge in [0.1, 0.15) is 11.5 Å². The summed E-state index contributed by atoms with van der Waals surface area (Å²) in [4.78, 5) is 9.64. The van der Waals surface area contributed by atoms with Crippen molar-refractivity contribution in [3.8, 4) is 0 Å². The predicted octanol–water partition coefficient (Wildman–Crippen LogP) is 3.85. The highest BCUT2D eigenvalue weighted by molar-refractivity contribution is 7.79. The Morgan fingerprint density at radius 2 is 1.93 bits per heavy atom. The fourth-order valence-corrected chi connectivity index (χ4v) is 4.69. The Morgan fingerprint density at radius 3 is 2.66 bits per heavy atom. The van der Waals surface area contributed by atoms with Crippen molar-refractivity contribution >= 4 is 45.8 Å². The third-order valence-electron chi connectivity index (χ3n) is 5.80. The van der Waals surface area contributed by atoms with Crippen molar-refractivity contribution in [3.05, 3.63) is 36.5 Å². The Labute approximate surface area is 170 Å². The number of nitrogens with zero attached hydrogens (tertiary/aromatic N) is 5. The van der Waals surface area contributed by atoms with Crippen LogP contribution < -0.4 is 10.3 Å². The Bertz CT molecular complexity index is 1120. The minimum Gasteiger partial charge on any atom is -0.324 e. The van der Waals surface area contributed by atoms with E-state index in [1.807, 2.05) is 18.3 Å². The van der Waals surface area contributed by atoms with Gasteiger partial charge in [0.25, 0.3) is 0 Å². The minimum atomic E-state index is -1.99. The summed E-state index contributed by atoms with van der Waals surface area (Å²) < 4.78 is 22.6. The highest BCUT2D eigenvalue weighted by Crippen LogP contribution is 2.42. The van der Waals surface area contributed by atoms with E-state index >= 15 is 0 Å². The maximum absolute atomic E-state index is 11.1. The number of anilines is 3. The van der Waals surface area contributed by atoms with Crippen LogP contribution in [0.25, 0.3) is 11.0 Å². The SMILES string of the molecule is CN1N=CC2(CCCCC2)n2c1cc1cnc(Nc3ccc(S(=O)O)cc3)nc12. The van der Waals surface area contributed by atoms with Crippen LogP contribution in [0, 0.1) is 0 Å². The van der Waals surface area contributed by atoms with Gasteiger partial charge >= 0.3 is 0 Å². The first kappa shape index (κ1) is 18.3. The smallest absolute Gasteiger partial charge is 0.229 e. The van der Waals surface area contributed by atoms with Crippen molar-refractivity contribution in [2.24, 2.45) is 5.10 Å². The van der Waals surface area contributed by atoms with Crippen molar-refractivity contribution < 1.29 is 8.76 Å². The lowest BCUT2D eigenvalue weighted by Gasteiger charge is -2.40. The van der Waals surface area contributed by atoms with Crippen molar-refractivity contribution in [1.82, 2.24) is 14.5 Å². The van der Waals surface area contributed by atoms with Crippen molar-refractivity contribution in [2.75, 3.05) is 17.4 Å². The lowest BCUT2D eigenvalue weighted by molar-refractivity contribution is 0.290. The lowest BCUT2D eigenvalue weighted by Crippen LogP contribution is -2.42. The topological polar surface area (TPSA) is 95.6 Å². The molecular formula is C20H22N6O2S. The minimum absolute atomic E-state index is 0.125. The molecule has 1 atom stereocenters. The highest BCUT2D eigenvalue weighted by Gasteiger charge is 2.38. The lowest BCUT2D eigenvalue weighted by atomic mass is 9.82. The molecule has 1 aromatic carbocycles. The molecule has 2 aromatic heterocycles. The van der Waals surface area contributed by atoms with E-state index in [9.17, 15) is 4.21 Å². The van der Waals surface area contributed by atoms with Crippen LogP contribution in [0.3, 0.4) is 0 Å². The number of fused-ring (bicyclic) bond motifs is 4. The second-order valence-electron chi connectivity index (χ2n) is 7.64. The summed E-state index contributed by atoms with van der Waals surface area (Å²) in [5.41, 5.74) is 1.53. The van der Waals surface area contributed by atoms with E-state index in [-0.39, 0.29) is 5.54 Å². The second kappa shape index (κ2) is 6.93. The summed E-state index contributed by atoms with van der Waals surface area (Å²) in [6.45, 7) is 0. The van der Waals surface area contributed by atoms with Crippen LogP contribution in [0.2, 0.25) is 0 Å². The number of nitrogens with one attached hydrogen (secondary N) is 1. The van der Waals surface area contributed by atoms with E-state index in [1.165, 1.54) is 19.3 Å². The molecule has 0 radical (unpaired) electrons. The van der Waals surface area contributed by atoms with Gasteiger partial charge < -0.3 is 9.87 Å². The van der Waals surface area contributed by atoms with Gasteiger partial charge in [0, 0.05) is 24.3 Å². The van der Waals surface area contributed by atoms with Gasteiger partial charge in [-0.2, -0.15) is 10.1 Å². The van der Waals surface area contributed by atoms with Crippen molar-refractivity contribution in [1.29, 1.82) is 0 Å². The molecule has 1 spiro atoms. The van der Waals surface area contributed by atoms with E-state index < -0.39 is 11.1 Å². The number of hydrogen-bond acceptors (Lipinski definition) is 6. The van der Waals surface area contributed by atoms with E-state index in [4.69, 9.17) is 9.54 Å². The zero-order chi connectivity index (χ0) is 20.0. The van der Waals surface area contributed by atoms with Gasteiger partial charge in [0.05, 0.1) is 16.6 Å². The molecule has 9 heteroatoms. The van der Waals surface area contributed by atoms with E-state index in [1.54, 1.807) is 24.3 Å². The molecule has 8 nitrogen and oxygen atoms in total. The molecule has 1 unspecified atom stereocenters. The first-order valence-corrected chi connectivity index (χ1v) is 10.8. The van der Waals surface area contributed by atoms with E-state index in [2.05, 4.69) is 32.3 Å². The van der Waals surface area contributed by atoms with E-state index in [0.29, 0.717) is 10.8 Å². The maximum atomic E-state index is 11.1. The molecule has 0 amide bonds. The summed E-state index contributed by atoms with van der Waals surface area (Å²) in [5, 5.41) is 10.7. The third kappa shape index (κ3) is 3.10. The predicted molar refractivity (Wildman–Crippen MR) is 114 cm³/mol. The van der Waals surface area contributed by atoms with Gasteiger partial charge in [0.2, 0.25) is 5.95 Å². The molecule has 3 aromatic rings. The third-order valence-corrected chi connectivity index (χ3v) is 6.48. The number of rotatable bonds is 3. The monoisotopic (exact) mass is 410 g/mol. The molecule has 3 heterocycles. The molecule has 1 aliphatic carbocycles. The van der Waals surface area contributed by atoms with Gasteiger partial charge in [-0.3, -0.25) is 9.58 Å². The standard InChI is InChI=1S/C20H22N6O2S/c1-25-17-11-14-12-21-19(23-15-5-7-16(8-6-15)29(27)28)24-18(14)26(17)20(13-22-25)9-3-2-4-10-20/h5-8,11-13H,2-4,9-10H2,1H3,(H,27,28)(H,21,23,24). The van der Waals surface area contributed by atoms with Crippen molar-refractivity contribution in [3.63, 3.8) is 0 Å². The first-order valence-electron chi connectivity index (χ1n) is 9.72. The number of hydrogen-bond donors (Lipinski definition) is 2. The van der Waals surface area contributed by atoms with Gasteiger partial charge in [-0.15, -0.1) is 0 Å². The van der Waals surface area contributed by atoms with Gasteiger partial charge in [-0.1, -0.05) is 19.3 Å². The average molecular weight is 411 g/mol. The Morgan fingerprint density at radius 1 is 1.17 bits per heavy atom. The summed E-state index contributed by atoms with van der Waals surface area (Å²) in [5.74, 6) is 1.53. The molecule has 29 heavy (non-hydrogen) atoms. The van der Waals surface area contributed by atoms with Crippen LogP contribution in [0.5, 0.6) is 0 Å². The van der Waals surface area contributed by atoms with Crippen LogP contribution in [0.15, 0.2) is 46.5 Å². The van der Waals surface area contributed by atoms with Crippen LogP contribution in [-0.2, 0) is 16.6 Å².